The van der Waals surface area contributed by atoms with Gasteiger partial charge >= 0.3 is 0 Å². The molecule has 1 unspecified atom stereocenters. The molecule has 1 amide bonds. The lowest BCUT2D eigenvalue weighted by atomic mass is 10.1. The van der Waals surface area contributed by atoms with Crippen LogP contribution in [0.15, 0.2) is 18.2 Å². The van der Waals surface area contributed by atoms with Gasteiger partial charge in [0.05, 0.1) is 4.92 Å². The third-order valence-electron chi connectivity index (χ3n) is 3.61. The second-order valence-corrected chi connectivity index (χ2v) is 5.41. The number of nitrogens with two attached hydrogens (primary N) is 1. The fourth-order valence-electron chi connectivity index (χ4n) is 2.63. The Labute approximate surface area is 123 Å². The van der Waals surface area contributed by atoms with Crippen LogP contribution in [0.1, 0.15) is 30.1 Å². The number of amides is 1. The number of nitro benzene ring substituents is 1. The maximum absolute atomic E-state index is 11.2. The third kappa shape index (κ3) is 3.91. The van der Waals surface area contributed by atoms with E-state index in [-0.39, 0.29) is 17.3 Å². The van der Waals surface area contributed by atoms with Crippen molar-refractivity contribution in [3.05, 3.63) is 33.9 Å². The van der Waals surface area contributed by atoms with Gasteiger partial charge < -0.3 is 16.0 Å². The van der Waals surface area contributed by atoms with Crippen molar-refractivity contribution in [1.82, 2.24) is 4.90 Å². The summed E-state index contributed by atoms with van der Waals surface area (Å²) in [6.45, 7) is 4.92. The van der Waals surface area contributed by atoms with Crippen LogP contribution in [0.4, 0.5) is 11.4 Å². The predicted molar refractivity (Wildman–Crippen MR) is 80.4 cm³/mol. The number of carbonyl (C=O) groups is 1. The molecular weight excluding hydrogens is 272 g/mol. The van der Waals surface area contributed by atoms with E-state index < -0.39 is 10.8 Å². The monoisotopic (exact) mass is 292 g/mol. The van der Waals surface area contributed by atoms with Gasteiger partial charge in [0, 0.05) is 24.2 Å². The van der Waals surface area contributed by atoms with Gasteiger partial charge in [-0.05, 0) is 45.0 Å². The number of rotatable bonds is 6. The summed E-state index contributed by atoms with van der Waals surface area (Å²) in [4.78, 5) is 24.1. The molecule has 7 nitrogen and oxygen atoms in total. The van der Waals surface area contributed by atoms with E-state index in [1.807, 2.05) is 6.92 Å². The average Bonchev–Trinajstić information content (AvgIpc) is 2.90. The smallest absolute Gasteiger partial charge is 0.292 e. The first-order valence-electron chi connectivity index (χ1n) is 7.04. The van der Waals surface area contributed by atoms with Crippen molar-refractivity contribution in [1.29, 1.82) is 0 Å². The number of benzene rings is 1. The van der Waals surface area contributed by atoms with Crippen molar-refractivity contribution in [2.24, 2.45) is 5.73 Å². The van der Waals surface area contributed by atoms with Gasteiger partial charge in [0.15, 0.2) is 0 Å². The van der Waals surface area contributed by atoms with Crippen molar-refractivity contribution >= 4 is 17.3 Å². The molecule has 7 heteroatoms. The number of likely N-dealkylation sites (tertiary alicyclic amines) is 1. The van der Waals surface area contributed by atoms with Crippen LogP contribution in [0.5, 0.6) is 0 Å². The molecule has 1 aromatic rings. The van der Waals surface area contributed by atoms with Gasteiger partial charge in [0.2, 0.25) is 5.91 Å². The van der Waals surface area contributed by atoms with Gasteiger partial charge in [-0.3, -0.25) is 14.9 Å². The molecule has 1 fully saturated rings. The van der Waals surface area contributed by atoms with E-state index in [2.05, 4.69) is 10.2 Å². The number of hydrogen-bond donors (Lipinski definition) is 2. The summed E-state index contributed by atoms with van der Waals surface area (Å²) in [6.07, 6.45) is 2.40. The zero-order valence-corrected chi connectivity index (χ0v) is 12.0. The highest BCUT2D eigenvalue weighted by molar-refractivity contribution is 5.94. The van der Waals surface area contributed by atoms with Gasteiger partial charge in [0.25, 0.3) is 5.69 Å². The number of nitrogens with zero attached hydrogens (tertiary/aromatic N) is 2. The normalized spacial score (nSPS) is 16.6. The summed E-state index contributed by atoms with van der Waals surface area (Å²) in [5.74, 6) is -0.597. The summed E-state index contributed by atoms with van der Waals surface area (Å²) in [7, 11) is 0. The highest BCUT2D eigenvalue weighted by Crippen LogP contribution is 2.26. The fraction of sp³-hybridized carbons (Fsp3) is 0.500. The number of anilines is 1. The summed E-state index contributed by atoms with van der Waals surface area (Å²) in [6, 6.07) is 4.17. The number of nitro groups is 1. The van der Waals surface area contributed by atoms with Crippen LogP contribution in [0, 0.1) is 10.1 Å². The molecular formula is C14H20N4O3. The molecule has 1 heterocycles. The Morgan fingerprint density at radius 2 is 2.14 bits per heavy atom. The van der Waals surface area contributed by atoms with E-state index in [9.17, 15) is 14.9 Å². The van der Waals surface area contributed by atoms with Crippen LogP contribution < -0.4 is 11.1 Å². The number of carbonyl (C=O) groups excluding carboxylic acids is 1. The van der Waals surface area contributed by atoms with E-state index in [1.54, 1.807) is 0 Å². The standard InChI is InChI=1S/C14H20N4O3/c1-10(9-17-6-2-3-7-17)16-12-8-11(14(15)19)4-5-13(12)18(20)21/h4-5,8,10,16H,2-3,6-7,9H2,1H3,(H2,15,19). The quantitative estimate of drug-likeness (QED) is 0.612. The van der Waals surface area contributed by atoms with Crippen molar-refractivity contribution in [2.75, 3.05) is 25.0 Å². The molecule has 1 saturated heterocycles. The Morgan fingerprint density at radius 3 is 2.71 bits per heavy atom. The Morgan fingerprint density at radius 1 is 1.48 bits per heavy atom. The minimum Gasteiger partial charge on any atom is -0.376 e. The van der Waals surface area contributed by atoms with Crippen molar-refractivity contribution < 1.29 is 9.72 Å². The first-order valence-corrected chi connectivity index (χ1v) is 7.04. The molecule has 0 radical (unpaired) electrons. The van der Waals surface area contributed by atoms with Gasteiger partial charge in [-0.15, -0.1) is 0 Å². The van der Waals surface area contributed by atoms with E-state index in [1.165, 1.54) is 31.0 Å². The van der Waals surface area contributed by atoms with Crippen LogP contribution in [0.25, 0.3) is 0 Å². The SMILES string of the molecule is CC(CN1CCCC1)Nc1cc(C(N)=O)ccc1[N+](=O)[O-]. The minimum absolute atomic E-state index is 0.0462. The van der Waals surface area contributed by atoms with Gasteiger partial charge in [0.1, 0.15) is 5.69 Å². The molecule has 114 valence electrons. The molecule has 2 rings (SSSR count). The van der Waals surface area contributed by atoms with E-state index in [0.29, 0.717) is 5.69 Å². The largest absolute Gasteiger partial charge is 0.376 e. The van der Waals surface area contributed by atoms with Crippen LogP contribution >= 0.6 is 0 Å². The Kier molecular flexibility index (Phi) is 4.74. The summed E-state index contributed by atoms with van der Waals surface area (Å²) in [5, 5.41) is 14.2. The molecule has 0 saturated carbocycles. The number of nitrogens with one attached hydrogen (secondary N) is 1. The molecule has 1 aliphatic heterocycles. The summed E-state index contributed by atoms with van der Waals surface area (Å²) < 4.78 is 0. The summed E-state index contributed by atoms with van der Waals surface area (Å²) >= 11 is 0. The lowest BCUT2D eigenvalue weighted by molar-refractivity contribution is -0.384. The van der Waals surface area contributed by atoms with E-state index in [4.69, 9.17) is 5.73 Å². The lowest BCUT2D eigenvalue weighted by Gasteiger charge is -2.22. The Hall–Kier alpha value is -2.15. The molecule has 0 aliphatic carbocycles. The predicted octanol–water partition coefficient (Wildman–Crippen LogP) is 1.59. The minimum atomic E-state index is -0.597. The lowest BCUT2D eigenvalue weighted by Crippen LogP contribution is -2.33. The third-order valence-corrected chi connectivity index (χ3v) is 3.61. The second-order valence-electron chi connectivity index (χ2n) is 5.41. The van der Waals surface area contributed by atoms with Crippen LogP contribution in [-0.2, 0) is 0 Å². The second kappa shape index (κ2) is 6.53. The molecule has 0 aromatic heterocycles. The molecule has 0 bridgehead atoms. The van der Waals surface area contributed by atoms with Crippen molar-refractivity contribution in [3.8, 4) is 0 Å². The Bertz CT molecular complexity index is 541. The number of hydrogen-bond acceptors (Lipinski definition) is 5. The first kappa shape index (κ1) is 15.2. The first-order chi connectivity index (χ1) is 9.97. The maximum Gasteiger partial charge on any atom is 0.292 e. The maximum atomic E-state index is 11.2. The highest BCUT2D eigenvalue weighted by Gasteiger charge is 2.19. The molecule has 3 N–H and O–H groups in total. The van der Waals surface area contributed by atoms with Crippen molar-refractivity contribution in [3.63, 3.8) is 0 Å². The topological polar surface area (TPSA) is 102 Å². The molecule has 1 aromatic carbocycles. The number of primary amides is 1. The van der Waals surface area contributed by atoms with Gasteiger partial charge in [-0.25, -0.2) is 0 Å². The van der Waals surface area contributed by atoms with Crippen LogP contribution in [0.2, 0.25) is 0 Å². The van der Waals surface area contributed by atoms with Crippen LogP contribution in [-0.4, -0.2) is 41.4 Å². The molecule has 1 aliphatic rings. The molecule has 21 heavy (non-hydrogen) atoms. The highest BCUT2D eigenvalue weighted by atomic mass is 16.6. The summed E-state index contributed by atoms with van der Waals surface area (Å²) in [5.41, 5.74) is 5.78. The zero-order chi connectivity index (χ0) is 15.4. The average molecular weight is 292 g/mol. The zero-order valence-electron chi connectivity index (χ0n) is 12.0. The van der Waals surface area contributed by atoms with Gasteiger partial charge in [-0.2, -0.15) is 0 Å². The fourth-order valence-corrected chi connectivity index (χ4v) is 2.63. The van der Waals surface area contributed by atoms with Gasteiger partial charge in [-0.1, -0.05) is 0 Å². The molecule has 1 atom stereocenters. The van der Waals surface area contributed by atoms with Crippen molar-refractivity contribution in [2.45, 2.75) is 25.8 Å². The molecule has 0 spiro atoms. The van der Waals surface area contributed by atoms with Crippen LogP contribution in [0.3, 0.4) is 0 Å². The Balaban J connectivity index is 2.13. The van der Waals surface area contributed by atoms with E-state index in [0.717, 1.165) is 19.6 Å². The van der Waals surface area contributed by atoms with E-state index >= 15 is 0 Å².